The van der Waals surface area contributed by atoms with E-state index in [0.29, 0.717) is 20.9 Å². The molecule has 4 saturated heterocycles. The molecule has 0 bridgehead atoms. The van der Waals surface area contributed by atoms with Crippen LogP contribution in [0.2, 0.25) is 5.15 Å². The van der Waals surface area contributed by atoms with Gasteiger partial charge in [0.2, 0.25) is 0 Å². The summed E-state index contributed by atoms with van der Waals surface area (Å²) >= 11 is 12.1. The fourth-order valence-electron chi connectivity index (χ4n) is 5.29. The van der Waals surface area contributed by atoms with E-state index in [1.807, 2.05) is 0 Å². The van der Waals surface area contributed by atoms with Crippen LogP contribution in [-0.4, -0.2) is 88.7 Å². The van der Waals surface area contributed by atoms with Crippen LogP contribution in [0.15, 0.2) is 33.5 Å². The molecule has 0 aliphatic carbocycles. The third-order valence-corrected chi connectivity index (χ3v) is 9.08. The number of ether oxygens (including phenoxy) is 4. The maximum atomic E-state index is 11.9. The van der Waals surface area contributed by atoms with Gasteiger partial charge >= 0.3 is 11.9 Å². The number of nitrogens with one attached hydrogen (secondary N) is 1. The van der Waals surface area contributed by atoms with Crippen molar-refractivity contribution < 1.29 is 28.5 Å². The maximum absolute atomic E-state index is 11.9. The number of pyridine rings is 2. The van der Waals surface area contributed by atoms with Gasteiger partial charge in [0.1, 0.15) is 16.5 Å². The third-order valence-electron chi connectivity index (χ3n) is 7.91. The molecule has 1 N–H and O–H groups in total. The molecule has 224 valence electrons. The summed E-state index contributed by atoms with van der Waals surface area (Å²) < 4.78 is 21.5. The molecule has 0 atom stereocenters. The average molecular weight is 719 g/mol. The Balaban J connectivity index is 0.000000156. The van der Waals surface area contributed by atoms with Crippen molar-refractivity contribution >= 4 is 61.2 Å². The van der Waals surface area contributed by atoms with Crippen molar-refractivity contribution in [2.24, 2.45) is 10.8 Å². The molecule has 6 rings (SSSR count). The minimum atomic E-state index is -0.492. The minimum Gasteiger partial charge on any atom is -0.465 e. The molecule has 4 fully saturated rings. The molecule has 4 aliphatic heterocycles. The van der Waals surface area contributed by atoms with E-state index in [2.05, 4.69) is 56.8 Å². The van der Waals surface area contributed by atoms with Gasteiger partial charge in [0.25, 0.3) is 0 Å². The largest absolute Gasteiger partial charge is 0.465 e. The molecule has 0 amide bonds. The monoisotopic (exact) mass is 716 g/mol. The lowest BCUT2D eigenvalue weighted by molar-refractivity contribution is -0.0130. The Morgan fingerprint density at radius 3 is 1.83 bits per heavy atom. The molecule has 2 spiro atoms. The van der Waals surface area contributed by atoms with Gasteiger partial charge in [-0.15, -0.1) is 0 Å². The zero-order chi connectivity index (χ0) is 29.5. The second-order valence-electron chi connectivity index (χ2n) is 10.7. The quantitative estimate of drug-likeness (QED) is 0.347. The molecule has 0 saturated carbocycles. The topological polar surface area (TPSA) is 112 Å². The summed E-state index contributed by atoms with van der Waals surface area (Å²) in [5.74, 6) is -0.118. The highest BCUT2D eigenvalue weighted by Gasteiger charge is 2.45. The summed E-state index contributed by atoms with van der Waals surface area (Å²) in [4.78, 5) is 33.2. The van der Waals surface area contributed by atoms with Crippen LogP contribution >= 0.6 is 43.5 Å². The number of hydrogen-bond acceptors (Lipinski definition) is 10. The third kappa shape index (κ3) is 8.17. The van der Waals surface area contributed by atoms with Crippen molar-refractivity contribution in [3.8, 4) is 0 Å². The number of esters is 2. The van der Waals surface area contributed by atoms with Crippen LogP contribution in [0.5, 0.6) is 0 Å². The van der Waals surface area contributed by atoms with Crippen molar-refractivity contribution in [1.29, 1.82) is 0 Å². The molecular formula is C28H35Br2ClN4O6. The molecule has 10 nitrogen and oxygen atoms in total. The molecule has 4 aliphatic rings. The molecule has 0 radical (unpaired) electrons. The summed E-state index contributed by atoms with van der Waals surface area (Å²) in [6, 6.07) is 3.32. The number of hydrogen-bond donors (Lipinski definition) is 1. The minimum absolute atomic E-state index is 0.144. The second-order valence-corrected chi connectivity index (χ2v) is 12.9. The Kier molecular flexibility index (Phi) is 11.4. The Morgan fingerprint density at radius 2 is 1.34 bits per heavy atom. The van der Waals surface area contributed by atoms with Gasteiger partial charge in [0.15, 0.2) is 0 Å². The predicted molar refractivity (Wildman–Crippen MR) is 162 cm³/mol. The molecule has 2 aromatic heterocycles. The number of carbonyl (C=O) groups excluding carboxylic acids is 2. The van der Waals surface area contributed by atoms with E-state index in [-0.39, 0.29) is 16.7 Å². The van der Waals surface area contributed by atoms with E-state index in [0.717, 1.165) is 62.6 Å². The Bertz CT molecular complexity index is 1210. The van der Waals surface area contributed by atoms with Gasteiger partial charge in [-0.1, -0.05) is 11.6 Å². The van der Waals surface area contributed by atoms with Gasteiger partial charge in [-0.2, -0.15) is 0 Å². The predicted octanol–water partition coefficient (Wildman–Crippen LogP) is 4.92. The van der Waals surface area contributed by atoms with Gasteiger partial charge in [0, 0.05) is 79.4 Å². The molecule has 13 heteroatoms. The lowest BCUT2D eigenvalue weighted by Gasteiger charge is -2.53. The highest BCUT2D eigenvalue weighted by atomic mass is 79.9. The van der Waals surface area contributed by atoms with Crippen LogP contribution in [0.3, 0.4) is 0 Å². The first kappa shape index (κ1) is 32.1. The summed E-state index contributed by atoms with van der Waals surface area (Å²) in [7, 11) is 2.68. The number of rotatable bonds is 3. The van der Waals surface area contributed by atoms with E-state index in [4.69, 9.17) is 25.8 Å². The van der Waals surface area contributed by atoms with Gasteiger partial charge in [-0.25, -0.2) is 19.6 Å². The van der Waals surface area contributed by atoms with Crippen molar-refractivity contribution in [1.82, 2.24) is 15.3 Å². The van der Waals surface area contributed by atoms with Crippen molar-refractivity contribution in [2.75, 3.05) is 71.7 Å². The smallest absolute Gasteiger partial charge is 0.341 e. The van der Waals surface area contributed by atoms with E-state index < -0.39 is 5.97 Å². The summed E-state index contributed by atoms with van der Waals surface area (Å²) in [6.07, 6.45) is 7.96. The fourth-order valence-corrected chi connectivity index (χ4v) is 6.13. The normalized spacial score (nSPS) is 19.9. The van der Waals surface area contributed by atoms with Crippen LogP contribution in [0.1, 0.15) is 46.4 Å². The van der Waals surface area contributed by atoms with Crippen LogP contribution in [0, 0.1) is 10.8 Å². The first-order valence-corrected chi connectivity index (χ1v) is 15.4. The van der Waals surface area contributed by atoms with E-state index in [1.54, 1.807) is 18.3 Å². The van der Waals surface area contributed by atoms with Crippen molar-refractivity contribution in [2.45, 2.75) is 25.7 Å². The van der Waals surface area contributed by atoms with E-state index in [9.17, 15) is 9.59 Å². The first-order chi connectivity index (χ1) is 19.7. The average Bonchev–Trinajstić information content (AvgIpc) is 2.97. The first-order valence-electron chi connectivity index (χ1n) is 13.4. The van der Waals surface area contributed by atoms with Crippen LogP contribution < -0.4 is 10.2 Å². The highest BCUT2D eigenvalue weighted by Crippen LogP contribution is 2.42. The van der Waals surface area contributed by atoms with E-state index in [1.165, 1.54) is 46.3 Å². The summed E-state index contributed by atoms with van der Waals surface area (Å²) in [6.45, 7) is 8.00. The van der Waals surface area contributed by atoms with Gasteiger partial charge in [0.05, 0.1) is 19.8 Å². The van der Waals surface area contributed by atoms with Gasteiger partial charge < -0.3 is 29.2 Å². The Hall–Kier alpha value is -1.83. The standard InChI is InChI=1S/C14H17BrN2O3.C7H5BrClNO2.C7H13NO/c1-19-13(18)11-6-10(15)7-16-12(11)17-8-14(9-17)2-4-20-5-3-14;1-12-7(11)5-2-4(8)3-10-6(5)9;1-3-9-4-2-7(1)5-8-6-7/h6-7H,2-5,8-9H2,1H3;2-3H,1H3;8H,1-6H2. The molecule has 0 unspecified atom stereocenters. The van der Waals surface area contributed by atoms with Gasteiger partial charge in [-0.3, -0.25) is 0 Å². The maximum Gasteiger partial charge on any atom is 0.341 e. The number of nitrogens with zero attached hydrogens (tertiary/aromatic N) is 3. The highest BCUT2D eigenvalue weighted by molar-refractivity contribution is 9.10. The lowest BCUT2D eigenvalue weighted by atomic mass is 9.73. The molecular weight excluding hydrogens is 684 g/mol. The summed E-state index contributed by atoms with van der Waals surface area (Å²) in [5, 5.41) is 3.46. The molecule has 2 aromatic rings. The summed E-state index contributed by atoms with van der Waals surface area (Å²) in [5.41, 5.74) is 1.79. The number of carbonyl (C=O) groups is 2. The van der Waals surface area contributed by atoms with Crippen LogP contribution in [0.4, 0.5) is 5.82 Å². The van der Waals surface area contributed by atoms with Gasteiger partial charge in [-0.05, 0) is 75.1 Å². The second kappa shape index (κ2) is 14.6. The van der Waals surface area contributed by atoms with Crippen LogP contribution in [0.25, 0.3) is 0 Å². The lowest BCUT2D eigenvalue weighted by Crippen LogP contribution is -2.59. The zero-order valence-corrected chi connectivity index (χ0v) is 27.1. The van der Waals surface area contributed by atoms with Crippen molar-refractivity contribution in [3.63, 3.8) is 0 Å². The molecule has 0 aromatic carbocycles. The fraction of sp³-hybridized carbons (Fsp3) is 0.571. The number of halogens is 3. The number of anilines is 1. The molecule has 6 heterocycles. The number of methoxy groups -OCH3 is 2. The number of aromatic nitrogens is 2. The van der Waals surface area contributed by atoms with Crippen LogP contribution in [-0.2, 0) is 18.9 Å². The van der Waals surface area contributed by atoms with Crippen molar-refractivity contribution in [3.05, 3.63) is 49.8 Å². The molecule has 41 heavy (non-hydrogen) atoms. The zero-order valence-electron chi connectivity index (χ0n) is 23.2. The SMILES string of the molecule is C1CC2(CCO1)CNC2.COC(=O)c1cc(Br)cnc1Cl.COC(=O)c1cc(Br)cnc1N1CC2(CCOCC2)C1. The Morgan fingerprint density at radius 1 is 0.854 bits per heavy atom. The van der Waals surface area contributed by atoms with E-state index >= 15 is 0 Å². The Labute approximate surface area is 262 Å².